The Labute approximate surface area is 133 Å². The molecule has 0 atom stereocenters. The van der Waals surface area contributed by atoms with Crippen molar-refractivity contribution in [2.24, 2.45) is 0 Å². The number of fused-ring (bicyclic) bond motifs is 1. The molecular weight excluding hydrogens is 288 g/mol. The Kier molecular flexibility index (Phi) is 3.20. The molecule has 1 aromatic heterocycles. The highest BCUT2D eigenvalue weighted by Crippen LogP contribution is 2.34. The lowest BCUT2D eigenvalue weighted by Crippen LogP contribution is -2.00. The Bertz CT molecular complexity index is 900. The van der Waals surface area contributed by atoms with Crippen LogP contribution in [-0.4, -0.2) is 15.9 Å². The van der Waals surface area contributed by atoms with Crippen molar-refractivity contribution in [2.75, 3.05) is 0 Å². The Morgan fingerprint density at radius 3 is 2.35 bits per heavy atom. The van der Waals surface area contributed by atoms with E-state index in [1.807, 2.05) is 48.5 Å². The van der Waals surface area contributed by atoms with E-state index < -0.39 is 0 Å². The highest BCUT2D eigenvalue weighted by Gasteiger charge is 2.26. The summed E-state index contributed by atoms with van der Waals surface area (Å²) in [5.74, 6) is 0.894. The van der Waals surface area contributed by atoms with E-state index in [1.165, 1.54) is 0 Å². The number of benzene rings is 2. The second kappa shape index (κ2) is 5.50. The van der Waals surface area contributed by atoms with E-state index >= 15 is 0 Å². The van der Waals surface area contributed by atoms with E-state index in [-0.39, 0.29) is 5.97 Å². The highest BCUT2D eigenvalue weighted by atomic mass is 16.5. The molecule has 0 amide bonds. The summed E-state index contributed by atoms with van der Waals surface area (Å²) in [5, 5.41) is 0. The van der Waals surface area contributed by atoms with Crippen LogP contribution in [0.25, 0.3) is 23.0 Å². The third-order valence-corrected chi connectivity index (χ3v) is 3.61. The predicted molar refractivity (Wildman–Crippen MR) is 87.4 cm³/mol. The summed E-state index contributed by atoms with van der Waals surface area (Å²) < 4.78 is 5.24. The fourth-order valence-corrected chi connectivity index (χ4v) is 2.50. The smallest absolute Gasteiger partial charge is 0.344 e. The van der Waals surface area contributed by atoms with Crippen LogP contribution >= 0.6 is 0 Å². The van der Waals surface area contributed by atoms with Crippen molar-refractivity contribution in [1.29, 1.82) is 0 Å². The molecule has 4 rings (SSSR count). The summed E-state index contributed by atoms with van der Waals surface area (Å²) in [5.41, 5.74) is 3.03. The molecule has 0 saturated heterocycles. The zero-order chi connectivity index (χ0) is 15.6. The zero-order valence-electron chi connectivity index (χ0n) is 12.1. The Hall–Kier alpha value is -3.27. The van der Waals surface area contributed by atoms with Crippen molar-refractivity contribution in [3.63, 3.8) is 0 Å². The first-order valence-electron chi connectivity index (χ1n) is 7.22. The number of hydrogen-bond donors (Lipinski definition) is 0. The van der Waals surface area contributed by atoms with Crippen LogP contribution in [-0.2, 0) is 4.79 Å². The summed E-state index contributed by atoms with van der Waals surface area (Å²) in [6.07, 6.45) is 5.16. The zero-order valence-corrected chi connectivity index (χ0v) is 12.1. The van der Waals surface area contributed by atoms with Crippen LogP contribution in [0.2, 0.25) is 0 Å². The van der Waals surface area contributed by atoms with Gasteiger partial charge >= 0.3 is 5.97 Å². The molecule has 0 radical (unpaired) electrons. The van der Waals surface area contributed by atoms with E-state index in [9.17, 15) is 4.79 Å². The first kappa shape index (κ1) is 13.4. The van der Waals surface area contributed by atoms with Gasteiger partial charge in [0.2, 0.25) is 0 Å². The number of hydrogen-bond acceptors (Lipinski definition) is 4. The number of rotatable bonds is 2. The minimum Gasteiger partial charge on any atom is -0.422 e. The van der Waals surface area contributed by atoms with Gasteiger partial charge < -0.3 is 4.74 Å². The number of esters is 1. The third kappa shape index (κ3) is 2.51. The summed E-state index contributed by atoms with van der Waals surface area (Å²) in [4.78, 5) is 20.7. The molecule has 4 heteroatoms. The summed E-state index contributed by atoms with van der Waals surface area (Å²) >= 11 is 0. The van der Waals surface area contributed by atoms with Crippen LogP contribution in [0.3, 0.4) is 0 Å². The van der Waals surface area contributed by atoms with Crippen LogP contribution in [0.1, 0.15) is 11.1 Å². The van der Waals surface area contributed by atoms with E-state index in [0.29, 0.717) is 17.1 Å². The minimum absolute atomic E-state index is 0.349. The van der Waals surface area contributed by atoms with Crippen LogP contribution in [0.15, 0.2) is 67.0 Å². The second-order valence-corrected chi connectivity index (χ2v) is 5.15. The lowest BCUT2D eigenvalue weighted by Gasteiger charge is -2.00. The molecule has 0 N–H and O–H groups in total. The molecule has 0 unspecified atom stereocenters. The van der Waals surface area contributed by atoms with Crippen molar-refractivity contribution < 1.29 is 9.53 Å². The second-order valence-electron chi connectivity index (χ2n) is 5.15. The maximum atomic E-state index is 12.0. The Morgan fingerprint density at radius 2 is 1.57 bits per heavy atom. The van der Waals surface area contributed by atoms with Crippen LogP contribution in [0.4, 0.5) is 0 Å². The average Bonchev–Trinajstić information content (AvgIpc) is 2.92. The van der Waals surface area contributed by atoms with Gasteiger partial charge in [-0.3, -0.25) is 0 Å². The van der Waals surface area contributed by atoms with Gasteiger partial charge in [0.25, 0.3) is 0 Å². The van der Waals surface area contributed by atoms with Crippen LogP contribution in [0, 0.1) is 0 Å². The van der Waals surface area contributed by atoms with Crippen molar-refractivity contribution in [2.45, 2.75) is 0 Å². The van der Waals surface area contributed by atoms with Gasteiger partial charge in [-0.25, -0.2) is 14.8 Å². The van der Waals surface area contributed by atoms with Crippen molar-refractivity contribution in [3.8, 4) is 17.1 Å². The van der Waals surface area contributed by atoms with E-state index in [4.69, 9.17) is 4.74 Å². The lowest BCUT2D eigenvalue weighted by molar-refractivity contribution is -0.126. The van der Waals surface area contributed by atoms with E-state index in [1.54, 1.807) is 24.5 Å². The average molecular weight is 300 g/mol. The molecule has 110 valence electrons. The van der Waals surface area contributed by atoms with Crippen molar-refractivity contribution in [3.05, 3.63) is 78.1 Å². The van der Waals surface area contributed by atoms with Crippen LogP contribution in [0.5, 0.6) is 5.75 Å². The molecule has 0 aliphatic carbocycles. The number of para-hydroxylation sites is 1. The monoisotopic (exact) mass is 300 g/mol. The summed E-state index contributed by atoms with van der Waals surface area (Å²) in [6.45, 7) is 0. The summed E-state index contributed by atoms with van der Waals surface area (Å²) in [7, 11) is 0. The van der Waals surface area contributed by atoms with Gasteiger partial charge in [0, 0.05) is 29.1 Å². The molecule has 2 aromatic carbocycles. The van der Waals surface area contributed by atoms with Crippen molar-refractivity contribution >= 4 is 17.6 Å². The molecule has 0 bridgehead atoms. The molecule has 0 fully saturated rings. The lowest BCUT2D eigenvalue weighted by atomic mass is 10.1. The Morgan fingerprint density at radius 1 is 0.870 bits per heavy atom. The normalized spacial score (nSPS) is 14.6. The van der Waals surface area contributed by atoms with Gasteiger partial charge in [-0.1, -0.05) is 48.5 Å². The quantitative estimate of drug-likeness (QED) is 0.412. The number of nitrogens with zero attached hydrogens (tertiary/aromatic N) is 2. The SMILES string of the molecule is O=C1Oc2ccccc2C1=Cc1cnc(-c2ccccc2)nc1. The number of carbonyl (C=O) groups excluding carboxylic acids is 1. The fraction of sp³-hybridized carbons (Fsp3) is 0. The largest absolute Gasteiger partial charge is 0.422 e. The molecular formula is C19H12N2O2. The van der Waals surface area contributed by atoms with Crippen LogP contribution < -0.4 is 4.74 Å². The first-order valence-corrected chi connectivity index (χ1v) is 7.22. The number of aromatic nitrogens is 2. The fourth-order valence-electron chi connectivity index (χ4n) is 2.50. The minimum atomic E-state index is -0.349. The standard InChI is InChI=1S/C19H12N2O2/c22-19-16(15-8-4-5-9-17(15)23-19)10-13-11-20-18(21-12-13)14-6-2-1-3-7-14/h1-12H. The molecule has 3 aromatic rings. The maximum Gasteiger partial charge on any atom is 0.344 e. The number of ether oxygens (including phenoxy) is 1. The number of carbonyl (C=O) groups is 1. The molecule has 0 spiro atoms. The van der Waals surface area contributed by atoms with Gasteiger partial charge in [-0.05, 0) is 12.1 Å². The molecule has 23 heavy (non-hydrogen) atoms. The van der Waals surface area contributed by atoms with E-state index in [2.05, 4.69) is 9.97 Å². The van der Waals surface area contributed by atoms with Gasteiger partial charge in [-0.15, -0.1) is 0 Å². The van der Waals surface area contributed by atoms with Gasteiger partial charge in [0.05, 0.1) is 5.57 Å². The van der Waals surface area contributed by atoms with Gasteiger partial charge in [0.15, 0.2) is 5.82 Å². The summed E-state index contributed by atoms with van der Waals surface area (Å²) in [6, 6.07) is 17.1. The molecule has 4 nitrogen and oxygen atoms in total. The predicted octanol–water partition coefficient (Wildman–Crippen LogP) is 3.60. The highest BCUT2D eigenvalue weighted by molar-refractivity contribution is 6.25. The van der Waals surface area contributed by atoms with Crippen molar-refractivity contribution in [1.82, 2.24) is 9.97 Å². The maximum absolute atomic E-state index is 12.0. The van der Waals surface area contributed by atoms with Gasteiger partial charge in [-0.2, -0.15) is 0 Å². The Balaban J connectivity index is 1.68. The molecule has 1 aliphatic heterocycles. The third-order valence-electron chi connectivity index (χ3n) is 3.61. The molecule has 0 saturated carbocycles. The molecule has 2 heterocycles. The van der Waals surface area contributed by atoms with E-state index in [0.717, 1.165) is 16.7 Å². The van der Waals surface area contributed by atoms with Gasteiger partial charge in [0.1, 0.15) is 5.75 Å². The molecule has 1 aliphatic rings. The topological polar surface area (TPSA) is 52.1 Å². The first-order chi connectivity index (χ1) is 11.3.